The third-order valence-electron chi connectivity index (χ3n) is 5.07. The number of halogens is 2. The number of allylic oxidation sites excluding steroid dienone is 1. The number of likely N-dealkylation sites (N-methyl/N-ethyl adjacent to an activating group) is 1. The number of aromatic nitrogens is 3. The molecule has 2 aromatic heterocycles. The number of carbonyl (C=O) groups excluding carboxylic acids is 1. The molecule has 1 fully saturated rings. The molecule has 2 aromatic rings. The van der Waals surface area contributed by atoms with Gasteiger partial charge in [0.25, 0.3) is 0 Å². The molecule has 1 saturated heterocycles. The summed E-state index contributed by atoms with van der Waals surface area (Å²) in [5, 5.41) is 4.63. The summed E-state index contributed by atoms with van der Waals surface area (Å²) in [4.78, 5) is 28.2. The van der Waals surface area contributed by atoms with Gasteiger partial charge in [-0.1, -0.05) is 25.1 Å². The van der Waals surface area contributed by atoms with Crippen LogP contribution in [-0.4, -0.2) is 60.6 Å². The van der Waals surface area contributed by atoms with Crippen molar-refractivity contribution in [1.82, 2.24) is 20.3 Å². The van der Waals surface area contributed by atoms with Crippen molar-refractivity contribution >= 4 is 34.4 Å². The van der Waals surface area contributed by atoms with Crippen molar-refractivity contribution in [3.05, 3.63) is 39.6 Å². The molecule has 0 aliphatic carbocycles. The zero-order chi connectivity index (χ0) is 23.0. The molecule has 0 unspecified atom stereocenters. The standard InChI is InChI=1S/C14H22FN3O2S.C6H7ClN2O/c1-9(20-15)7-12-10(2)21-14(17-12)18-6-5-11(16-3)13(8-18)19-4;1-2-4-6(7)9-5(3-10)8-4/h11,13,16H,1,5-8H2,2-4H3;3H,2H2,1H3,(H,8,9)/t11-,13+;/m1./s1. The van der Waals surface area contributed by atoms with Crippen molar-refractivity contribution in [2.24, 2.45) is 0 Å². The van der Waals surface area contributed by atoms with Gasteiger partial charge < -0.3 is 19.9 Å². The summed E-state index contributed by atoms with van der Waals surface area (Å²) < 4.78 is 17.6. The van der Waals surface area contributed by atoms with Crippen molar-refractivity contribution in [1.29, 1.82) is 0 Å². The molecule has 0 bridgehead atoms. The first-order valence-corrected chi connectivity index (χ1v) is 11.1. The Bertz CT molecular complexity index is 875. The Morgan fingerprint density at radius 2 is 2.26 bits per heavy atom. The number of nitrogens with one attached hydrogen (secondary N) is 2. The van der Waals surface area contributed by atoms with E-state index in [0.717, 1.165) is 47.3 Å². The van der Waals surface area contributed by atoms with Gasteiger partial charge in [0, 0.05) is 35.6 Å². The van der Waals surface area contributed by atoms with E-state index in [0.29, 0.717) is 29.7 Å². The highest BCUT2D eigenvalue weighted by molar-refractivity contribution is 7.15. The summed E-state index contributed by atoms with van der Waals surface area (Å²) in [6.07, 6.45) is 2.86. The lowest BCUT2D eigenvalue weighted by atomic mass is 10.0. The SMILES string of the molecule is C=C(Cc1nc(N2CC[C@@H](NC)[C@@H](OC)C2)sc1C)OF.CCc1[nH]c(C=O)nc1Cl. The number of aromatic amines is 1. The highest BCUT2D eigenvalue weighted by Crippen LogP contribution is 2.29. The number of carbonyl (C=O) groups is 1. The Hall–Kier alpha value is -2.01. The largest absolute Gasteiger partial charge is 0.378 e. The molecule has 2 N–H and O–H groups in total. The van der Waals surface area contributed by atoms with Crippen LogP contribution in [0, 0.1) is 6.92 Å². The zero-order valence-corrected chi connectivity index (χ0v) is 19.8. The maximum Gasteiger partial charge on any atom is 0.185 e. The fourth-order valence-corrected chi connectivity index (χ4v) is 4.52. The Labute approximate surface area is 190 Å². The summed E-state index contributed by atoms with van der Waals surface area (Å²) in [6.45, 7) is 9.15. The van der Waals surface area contributed by atoms with Gasteiger partial charge >= 0.3 is 0 Å². The van der Waals surface area contributed by atoms with E-state index >= 15 is 0 Å². The number of hydrogen-bond acceptors (Lipinski definition) is 8. The van der Waals surface area contributed by atoms with Crippen molar-refractivity contribution < 1.29 is 19.0 Å². The van der Waals surface area contributed by atoms with Crippen LogP contribution in [0.15, 0.2) is 12.3 Å². The molecule has 8 nitrogen and oxygen atoms in total. The Balaban J connectivity index is 0.000000285. The maximum absolute atomic E-state index is 12.1. The number of imidazole rings is 1. The number of hydrogen-bond donors (Lipinski definition) is 2. The van der Waals surface area contributed by atoms with Gasteiger partial charge in [-0.05, 0) is 26.8 Å². The topological polar surface area (TPSA) is 92.4 Å². The molecule has 11 heteroatoms. The summed E-state index contributed by atoms with van der Waals surface area (Å²) in [5.74, 6) is 0.375. The van der Waals surface area contributed by atoms with Gasteiger partial charge in [-0.15, -0.1) is 11.3 Å². The molecular formula is C20H29ClFN5O3S. The van der Waals surface area contributed by atoms with Crippen LogP contribution in [0.4, 0.5) is 9.66 Å². The first kappa shape index (κ1) is 25.3. The molecule has 0 aromatic carbocycles. The molecule has 31 heavy (non-hydrogen) atoms. The number of piperidine rings is 1. The monoisotopic (exact) mass is 473 g/mol. The molecule has 3 rings (SSSR count). The first-order chi connectivity index (χ1) is 14.9. The predicted molar refractivity (Wildman–Crippen MR) is 121 cm³/mol. The second-order valence-electron chi connectivity index (χ2n) is 7.06. The minimum absolute atomic E-state index is 0.0820. The van der Waals surface area contributed by atoms with Gasteiger partial charge in [0.05, 0.1) is 23.9 Å². The lowest BCUT2D eigenvalue weighted by Crippen LogP contribution is -2.52. The second-order valence-corrected chi connectivity index (χ2v) is 8.60. The zero-order valence-electron chi connectivity index (χ0n) is 18.2. The van der Waals surface area contributed by atoms with Crippen molar-refractivity contribution in [3.63, 3.8) is 0 Å². The van der Waals surface area contributed by atoms with Crippen LogP contribution in [-0.2, 0) is 22.5 Å². The van der Waals surface area contributed by atoms with Crippen molar-refractivity contribution in [2.75, 3.05) is 32.1 Å². The number of nitrogens with zero attached hydrogens (tertiary/aromatic N) is 3. The number of ether oxygens (including phenoxy) is 1. The minimum Gasteiger partial charge on any atom is -0.378 e. The van der Waals surface area contributed by atoms with Gasteiger partial charge in [0.2, 0.25) is 0 Å². The summed E-state index contributed by atoms with van der Waals surface area (Å²) in [6, 6.07) is 0.367. The second kappa shape index (κ2) is 12.1. The Morgan fingerprint density at radius 3 is 2.77 bits per heavy atom. The van der Waals surface area contributed by atoms with E-state index in [1.165, 1.54) is 0 Å². The van der Waals surface area contributed by atoms with Gasteiger partial charge in [-0.25, -0.2) is 9.97 Å². The molecule has 1 aliphatic heterocycles. The third kappa shape index (κ3) is 6.73. The van der Waals surface area contributed by atoms with E-state index in [9.17, 15) is 9.32 Å². The number of anilines is 1. The number of methoxy groups -OCH3 is 1. The van der Waals surface area contributed by atoms with Gasteiger partial charge in [0.15, 0.2) is 22.4 Å². The fourth-order valence-electron chi connectivity index (χ4n) is 3.28. The average Bonchev–Trinajstić information content (AvgIpc) is 3.35. The Kier molecular flexibility index (Phi) is 9.89. The minimum atomic E-state index is 0.0820. The number of aryl methyl sites for hydroxylation is 2. The van der Waals surface area contributed by atoms with E-state index in [-0.39, 0.29) is 11.9 Å². The van der Waals surface area contributed by atoms with Gasteiger partial charge in [-0.2, -0.15) is 0 Å². The number of H-pyrrole nitrogens is 1. The highest BCUT2D eigenvalue weighted by Gasteiger charge is 2.29. The molecule has 0 saturated carbocycles. The summed E-state index contributed by atoms with van der Waals surface area (Å²) in [7, 11) is 3.69. The third-order valence-corrected chi connectivity index (χ3v) is 6.46. The van der Waals surface area contributed by atoms with Gasteiger partial charge in [-0.3, -0.25) is 9.74 Å². The van der Waals surface area contributed by atoms with E-state index in [2.05, 4.69) is 36.7 Å². The summed E-state index contributed by atoms with van der Waals surface area (Å²) in [5.41, 5.74) is 1.63. The molecule has 3 heterocycles. The molecule has 0 radical (unpaired) electrons. The lowest BCUT2D eigenvalue weighted by molar-refractivity contribution is -0.0846. The smallest absolute Gasteiger partial charge is 0.185 e. The number of rotatable bonds is 8. The lowest BCUT2D eigenvalue weighted by Gasteiger charge is -2.37. The first-order valence-electron chi connectivity index (χ1n) is 9.93. The molecule has 1 aliphatic rings. The summed E-state index contributed by atoms with van der Waals surface area (Å²) >= 11 is 7.24. The van der Waals surface area contributed by atoms with Crippen LogP contribution in [0.3, 0.4) is 0 Å². The predicted octanol–water partition coefficient (Wildman–Crippen LogP) is 3.66. The van der Waals surface area contributed by atoms with Crippen molar-refractivity contribution in [2.45, 2.75) is 45.3 Å². The molecule has 0 spiro atoms. The van der Waals surface area contributed by atoms with Crippen LogP contribution in [0.1, 0.15) is 40.2 Å². The van der Waals surface area contributed by atoms with Crippen LogP contribution >= 0.6 is 22.9 Å². The van der Waals surface area contributed by atoms with E-state index in [1.807, 2.05) is 20.9 Å². The number of aldehydes is 1. The van der Waals surface area contributed by atoms with Crippen LogP contribution < -0.4 is 10.2 Å². The number of thiazole rings is 1. The molecule has 0 amide bonds. The molecule has 2 atom stereocenters. The highest BCUT2D eigenvalue weighted by atomic mass is 35.5. The van der Waals surface area contributed by atoms with E-state index in [4.69, 9.17) is 16.3 Å². The van der Waals surface area contributed by atoms with Crippen LogP contribution in [0.5, 0.6) is 0 Å². The van der Waals surface area contributed by atoms with E-state index in [1.54, 1.807) is 18.4 Å². The average molecular weight is 474 g/mol. The maximum atomic E-state index is 12.1. The molecular weight excluding hydrogens is 445 g/mol. The quantitative estimate of drug-likeness (QED) is 0.446. The fraction of sp³-hybridized carbons (Fsp3) is 0.550. The van der Waals surface area contributed by atoms with Crippen molar-refractivity contribution in [3.8, 4) is 0 Å². The Morgan fingerprint density at radius 1 is 1.52 bits per heavy atom. The van der Waals surface area contributed by atoms with Gasteiger partial charge in [0.1, 0.15) is 5.76 Å². The van der Waals surface area contributed by atoms with E-state index < -0.39 is 0 Å². The van der Waals surface area contributed by atoms with Crippen LogP contribution in [0.2, 0.25) is 5.15 Å². The van der Waals surface area contributed by atoms with Crippen LogP contribution in [0.25, 0.3) is 0 Å². The normalized spacial score (nSPS) is 18.3. The molecule has 172 valence electrons.